The van der Waals surface area contributed by atoms with Gasteiger partial charge in [0, 0.05) is 23.0 Å². The number of hydrogen-bond acceptors (Lipinski definition) is 2. The number of benzene rings is 1. The van der Waals surface area contributed by atoms with Crippen molar-refractivity contribution in [1.82, 2.24) is 4.98 Å². The smallest absolute Gasteiger partial charge is 0.129 e. The third-order valence-corrected chi connectivity index (χ3v) is 2.81. The summed E-state index contributed by atoms with van der Waals surface area (Å²) in [6.45, 7) is 1.94. The van der Waals surface area contributed by atoms with Crippen molar-refractivity contribution in [3.8, 4) is 0 Å². The van der Waals surface area contributed by atoms with Gasteiger partial charge in [-0.15, -0.1) is 0 Å². The predicted octanol–water partition coefficient (Wildman–Crippen LogP) is -0.621. The van der Waals surface area contributed by atoms with E-state index >= 15 is 0 Å². The van der Waals surface area contributed by atoms with Gasteiger partial charge in [-0.2, -0.15) is 0 Å². The Kier molecular flexibility index (Phi) is 2.66. The molecule has 2 aromatic rings. The van der Waals surface area contributed by atoms with Crippen LogP contribution in [0.2, 0.25) is 0 Å². The quantitative estimate of drug-likeness (QED) is 0.719. The Bertz CT molecular complexity index is 531. The van der Waals surface area contributed by atoms with Gasteiger partial charge in [-0.05, 0) is 18.6 Å². The Morgan fingerprint density at radius 2 is 2.19 bits per heavy atom. The standard InChI is InChI=1S/C12H14N2O2/c1-7-9(6-10(13)12(15)16)8-4-2-3-5-11(8)14-7/h2-5,10,14H,6,13H2,1H3,(H,15,16)/t10-/m0/s1. The van der Waals surface area contributed by atoms with E-state index in [2.05, 4.69) is 10.7 Å². The van der Waals surface area contributed by atoms with Gasteiger partial charge in [0.1, 0.15) is 6.04 Å². The second-order valence-corrected chi connectivity index (χ2v) is 3.99. The molecule has 1 aromatic heterocycles. The van der Waals surface area contributed by atoms with Gasteiger partial charge in [-0.3, -0.25) is 0 Å². The highest BCUT2D eigenvalue weighted by atomic mass is 16.4. The summed E-state index contributed by atoms with van der Waals surface area (Å²) in [6.07, 6.45) is 0.401. The molecule has 0 spiro atoms. The molecule has 84 valence electrons. The second-order valence-electron chi connectivity index (χ2n) is 3.99. The molecule has 2 rings (SSSR count). The topological polar surface area (TPSA) is 83.6 Å². The largest absolute Gasteiger partial charge is 0.544 e. The predicted molar refractivity (Wildman–Crippen MR) is 58.4 cm³/mol. The van der Waals surface area contributed by atoms with Crippen LogP contribution in [0.15, 0.2) is 24.3 Å². The van der Waals surface area contributed by atoms with Gasteiger partial charge in [0.25, 0.3) is 0 Å². The number of rotatable bonds is 3. The van der Waals surface area contributed by atoms with Crippen LogP contribution in [0, 0.1) is 6.92 Å². The molecule has 0 saturated carbocycles. The van der Waals surface area contributed by atoms with Gasteiger partial charge in [0.15, 0.2) is 0 Å². The van der Waals surface area contributed by atoms with Crippen molar-refractivity contribution in [3.05, 3.63) is 35.5 Å². The van der Waals surface area contributed by atoms with Crippen LogP contribution in [0.1, 0.15) is 11.3 Å². The maximum atomic E-state index is 10.7. The molecule has 0 saturated heterocycles. The summed E-state index contributed by atoms with van der Waals surface area (Å²) in [4.78, 5) is 13.9. The maximum absolute atomic E-state index is 10.7. The van der Waals surface area contributed by atoms with Gasteiger partial charge >= 0.3 is 0 Å². The summed E-state index contributed by atoms with van der Waals surface area (Å²) < 4.78 is 0. The zero-order valence-corrected chi connectivity index (χ0v) is 9.12. The average molecular weight is 218 g/mol. The van der Waals surface area contributed by atoms with Gasteiger partial charge in [0.05, 0.1) is 5.97 Å². The minimum atomic E-state index is -1.11. The molecule has 0 bridgehead atoms. The van der Waals surface area contributed by atoms with Gasteiger partial charge < -0.3 is 20.6 Å². The van der Waals surface area contributed by atoms with Crippen molar-refractivity contribution in [3.63, 3.8) is 0 Å². The number of hydrogen-bond donors (Lipinski definition) is 2. The number of aryl methyl sites for hydroxylation is 1. The number of aliphatic carboxylic acids is 1. The van der Waals surface area contributed by atoms with E-state index in [0.29, 0.717) is 6.42 Å². The SMILES string of the molecule is Cc1[nH]c2ccccc2c1C[C@H]([NH3+])C(=O)[O-]. The lowest BCUT2D eigenvalue weighted by molar-refractivity contribution is -0.436. The molecule has 4 heteroatoms. The van der Waals surface area contributed by atoms with Crippen LogP contribution in [0.3, 0.4) is 0 Å². The number of aromatic nitrogens is 1. The minimum absolute atomic E-state index is 0.401. The molecule has 0 unspecified atom stereocenters. The summed E-state index contributed by atoms with van der Waals surface area (Å²) in [7, 11) is 0. The van der Waals surface area contributed by atoms with Crippen LogP contribution < -0.4 is 10.8 Å². The molecular formula is C12H14N2O2. The molecule has 0 aliphatic carbocycles. The monoisotopic (exact) mass is 218 g/mol. The Balaban J connectivity index is 2.43. The number of para-hydroxylation sites is 1. The number of carbonyl (C=O) groups excluding carboxylic acids is 1. The molecule has 0 amide bonds. The third kappa shape index (κ3) is 1.79. The zero-order chi connectivity index (χ0) is 11.7. The fraction of sp³-hybridized carbons (Fsp3) is 0.250. The van der Waals surface area contributed by atoms with Gasteiger partial charge in [-0.25, -0.2) is 0 Å². The van der Waals surface area contributed by atoms with Crippen LogP contribution in [-0.4, -0.2) is 17.0 Å². The lowest BCUT2D eigenvalue weighted by atomic mass is 10.0. The number of nitrogens with one attached hydrogen (secondary N) is 1. The van der Waals surface area contributed by atoms with Crippen LogP contribution in [-0.2, 0) is 11.2 Å². The first-order valence-electron chi connectivity index (χ1n) is 5.19. The summed E-state index contributed by atoms with van der Waals surface area (Å²) >= 11 is 0. The molecular weight excluding hydrogens is 204 g/mol. The van der Waals surface area contributed by atoms with Crippen molar-refractivity contribution in [2.75, 3.05) is 0 Å². The molecule has 0 fully saturated rings. The van der Waals surface area contributed by atoms with Crippen molar-refractivity contribution in [2.24, 2.45) is 0 Å². The molecule has 4 nitrogen and oxygen atoms in total. The van der Waals surface area contributed by atoms with Crippen molar-refractivity contribution in [2.45, 2.75) is 19.4 Å². The highest BCUT2D eigenvalue weighted by molar-refractivity contribution is 5.85. The summed E-state index contributed by atoms with van der Waals surface area (Å²) in [5, 5.41) is 11.8. The maximum Gasteiger partial charge on any atom is 0.129 e. The van der Waals surface area contributed by atoms with Crippen LogP contribution >= 0.6 is 0 Å². The van der Waals surface area contributed by atoms with E-state index in [1.165, 1.54) is 0 Å². The van der Waals surface area contributed by atoms with E-state index in [1.807, 2.05) is 31.2 Å². The molecule has 16 heavy (non-hydrogen) atoms. The van der Waals surface area contributed by atoms with E-state index in [4.69, 9.17) is 0 Å². The summed E-state index contributed by atoms with van der Waals surface area (Å²) in [6, 6.07) is 7.13. The Hall–Kier alpha value is -1.81. The van der Waals surface area contributed by atoms with E-state index in [9.17, 15) is 9.90 Å². The number of carboxylic acids is 1. The Morgan fingerprint density at radius 3 is 2.88 bits per heavy atom. The first-order valence-corrected chi connectivity index (χ1v) is 5.19. The molecule has 1 aromatic carbocycles. The number of quaternary nitrogens is 1. The second kappa shape index (κ2) is 3.98. The van der Waals surface area contributed by atoms with Crippen molar-refractivity contribution >= 4 is 16.9 Å². The third-order valence-electron chi connectivity index (χ3n) is 2.81. The molecule has 0 aliphatic heterocycles. The fourth-order valence-corrected chi connectivity index (χ4v) is 1.93. The lowest BCUT2D eigenvalue weighted by Gasteiger charge is -2.09. The summed E-state index contributed by atoms with van der Waals surface area (Å²) in [5.74, 6) is -1.11. The van der Waals surface area contributed by atoms with Crippen LogP contribution in [0.25, 0.3) is 10.9 Å². The van der Waals surface area contributed by atoms with Gasteiger partial charge in [-0.1, -0.05) is 18.2 Å². The molecule has 4 N–H and O–H groups in total. The number of H-pyrrole nitrogens is 1. The molecule has 0 aliphatic rings. The van der Waals surface area contributed by atoms with Crippen molar-refractivity contribution < 1.29 is 15.6 Å². The van der Waals surface area contributed by atoms with Crippen LogP contribution in [0.5, 0.6) is 0 Å². The molecule has 1 heterocycles. The molecule has 1 atom stereocenters. The normalized spacial score (nSPS) is 12.9. The number of aromatic amines is 1. The fourth-order valence-electron chi connectivity index (χ4n) is 1.93. The number of carboxylic acid groups (broad SMARTS) is 1. The van der Waals surface area contributed by atoms with Crippen LogP contribution in [0.4, 0.5) is 0 Å². The Labute approximate surface area is 93.1 Å². The zero-order valence-electron chi connectivity index (χ0n) is 9.12. The lowest BCUT2D eigenvalue weighted by Crippen LogP contribution is -2.69. The number of fused-ring (bicyclic) bond motifs is 1. The first kappa shape index (κ1) is 10.7. The highest BCUT2D eigenvalue weighted by Gasteiger charge is 2.14. The Morgan fingerprint density at radius 1 is 1.50 bits per heavy atom. The summed E-state index contributed by atoms with van der Waals surface area (Å²) in [5.41, 5.74) is 6.62. The first-order chi connectivity index (χ1) is 7.59. The van der Waals surface area contributed by atoms with E-state index < -0.39 is 12.0 Å². The minimum Gasteiger partial charge on any atom is -0.544 e. The van der Waals surface area contributed by atoms with E-state index in [0.717, 1.165) is 22.2 Å². The van der Waals surface area contributed by atoms with E-state index in [1.54, 1.807) is 0 Å². The average Bonchev–Trinajstić information content (AvgIpc) is 2.55. The van der Waals surface area contributed by atoms with Crippen molar-refractivity contribution in [1.29, 1.82) is 0 Å². The highest BCUT2D eigenvalue weighted by Crippen LogP contribution is 2.22. The number of carbonyl (C=O) groups is 1. The van der Waals surface area contributed by atoms with Gasteiger partial charge in [0.2, 0.25) is 0 Å². The molecule has 0 radical (unpaired) electrons. The van der Waals surface area contributed by atoms with E-state index in [-0.39, 0.29) is 0 Å².